The number of hydrogen-bond acceptors (Lipinski definition) is 6. The first kappa shape index (κ1) is 20.9. The van der Waals surface area contributed by atoms with Crippen LogP contribution < -0.4 is 4.90 Å². The van der Waals surface area contributed by atoms with Crippen molar-refractivity contribution in [2.75, 3.05) is 32.2 Å². The standard InChI is InChI=1S/C21H26N2O6S/c1-27-18-8-5-9-19(28-2)20(18)30(25,26)22-12-10-16(11-13-22)23-17-7-4-3-6-15(17)14-29-21(23)24/h3-8,16,19H,9-14H2,1-2H3. The highest BCUT2D eigenvalue weighted by Gasteiger charge is 2.40. The van der Waals surface area contributed by atoms with Gasteiger partial charge in [0.15, 0.2) is 0 Å². The Morgan fingerprint density at radius 1 is 1.13 bits per heavy atom. The smallest absolute Gasteiger partial charge is 0.414 e. The fourth-order valence-electron chi connectivity index (χ4n) is 4.31. The van der Waals surface area contributed by atoms with E-state index < -0.39 is 16.1 Å². The number of amides is 1. The fraction of sp³-hybridized carbons (Fsp3) is 0.476. The highest BCUT2D eigenvalue weighted by atomic mass is 32.2. The molecule has 2 heterocycles. The molecule has 162 valence electrons. The number of rotatable bonds is 5. The van der Waals surface area contributed by atoms with E-state index in [2.05, 4.69) is 0 Å². The second-order valence-corrected chi connectivity index (χ2v) is 9.39. The average molecular weight is 435 g/mol. The molecule has 9 heteroatoms. The van der Waals surface area contributed by atoms with Gasteiger partial charge >= 0.3 is 6.09 Å². The van der Waals surface area contributed by atoms with E-state index >= 15 is 0 Å². The molecule has 1 amide bonds. The van der Waals surface area contributed by atoms with E-state index in [-0.39, 0.29) is 23.6 Å². The van der Waals surface area contributed by atoms with Gasteiger partial charge in [-0.15, -0.1) is 0 Å². The van der Waals surface area contributed by atoms with Crippen molar-refractivity contribution in [1.82, 2.24) is 4.31 Å². The van der Waals surface area contributed by atoms with Gasteiger partial charge in [0.2, 0.25) is 10.0 Å². The number of allylic oxidation sites excluding steroid dienone is 1. The minimum atomic E-state index is -3.76. The predicted molar refractivity (Wildman–Crippen MR) is 111 cm³/mol. The molecule has 0 N–H and O–H groups in total. The second kappa shape index (κ2) is 8.41. The summed E-state index contributed by atoms with van der Waals surface area (Å²) < 4.78 is 44.3. The quantitative estimate of drug-likeness (QED) is 0.709. The Bertz CT molecular complexity index is 979. The predicted octanol–water partition coefficient (Wildman–Crippen LogP) is 2.77. The molecule has 0 saturated carbocycles. The summed E-state index contributed by atoms with van der Waals surface area (Å²) in [6, 6.07) is 7.54. The summed E-state index contributed by atoms with van der Waals surface area (Å²) >= 11 is 0. The van der Waals surface area contributed by atoms with Crippen molar-refractivity contribution < 1.29 is 27.4 Å². The van der Waals surface area contributed by atoms with Gasteiger partial charge in [-0.25, -0.2) is 13.2 Å². The van der Waals surface area contributed by atoms with E-state index in [0.29, 0.717) is 38.1 Å². The number of benzene rings is 1. The monoisotopic (exact) mass is 434 g/mol. The topological polar surface area (TPSA) is 85.4 Å². The Kier molecular flexibility index (Phi) is 5.86. The molecule has 3 aliphatic rings. The van der Waals surface area contributed by atoms with Crippen LogP contribution in [0.2, 0.25) is 0 Å². The van der Waals surface area contributed by atoms with Crippen LogP contribution in [0.1, 0.15) is 24.8 Å². The number of cyclic esters (lactones) is 1. The number of sulfonamides is 1. The van der Waals surface area contributed by atoms with Gasteiger partial charge in [0, 0.05) is 31.8 Å². The lowest BCUT2D eigenvalue weighted by atomic mass is 10.0. The molecule has 4 rings (SSSR count). The first-order valence-corrected chi connectivity index (χ1v) is 11.4. The van der Waals surface area contributed by atoms with Gasteiger partial charge in [0.1, 0.15) is 23.4 Å². The van der Waals surface area contributed by atoms with Crippen LogP contribution in [0.15, 0.2) is 47.1 Å². The lowest BCUT2D eigenvalue weighted by Crippen LogP contribution is -2.51. The second-order valence-electron chi connectivity index (χ2n) is 7.48. The van der Waals surface area contributed by atoms with Crippen molar-refractivity contribution in [3.63, 3.8) is 0 Å². The number of hydrogen-bond donors (Lipinski definition) is 0. The highest BCUT2D eigenvalue weighted by Crippen LogP contribution is 2.34. The molecular weight excluding hydrogens is 408 g/mol. The van der Waals surface area contributed by atoms with Crippen molar-refractivity contribution in [3.05, 3.63) is 52.6 Å². The molecule has 2 aliphatic heterocycles. The number of anilines is 1. The molecule has 0 bridgehead atoms. The van der Waals surface area contributed by atoms with Gasteiger partial charge in [-0.1, -0.05) is 24.3 Å². The van der Waals surface area contributed by atoms with E-state index in [0.717, 1.165) is 11.3 Å². The molecule has 0 spiro atoms. The molecule has 1 unspecified atom stereocenters. The Morgan fingerprint density at radius 3 is 2.57 bits per heavy atom. The van der Waals surface area contributed by atoms with Crippen molar-refractivity contribution in [2.24, 2.45) is 0 Å². The van der Waals surface area contributed by atoms with Gasteiger partial charge < -0.3 is 14.2 Å². The number of nitrogens with zero attached hydrogens (tertiary/aromatic N) is 2. The van der Waals surface area contributed by atoms with Crippen molar-refractivity contribution >= 4 is 21.8 Å². The zero-order chi connectivity index (χ0) is 21.3. The number of methoxy groups -OCH3 is 2. The first-order chi connectivity index (χ1) is 14.5. The van der Waals surface area contributed by atoms with Gasteiger partial charge in [-0.2, -0.15) is 4.31 Å². The molecule has 1 fully saturated rings. The Morgan fingerprint density at radius 2 is 1.87 bits per heavy atom. The molecule has 0 aromatic heterocycles. The largest absolute Gasteiger partial charge is 0.496 e. The fourth-order valence-corrected chi connectivity index (χ4v) is 6.21. The molecule has 8 nitrogen and oxygen atoms in total. The molecular formula is C21H26N2O6S. The van der Waals surface area contributed by atoms with E-state index in [4.69, 9.17) is 14.2 Å². The van der Waals surface area contributed by atoms with Gasteiger partial charge in [-0.3, -0.25) is 4.90 Å². The molecule has 1 saturated heterocycles. The Balaban J connectivity index is 1.54. The van der Waals surface area contributed by atoms with Gasteiger partial charge in [0.25, 0.3) is 0 Å². The molecule has 1 aromatic rings. The zero-order valence-corrected chi connectivity index (χ0v) is 17.9. The minimum Gasteiger partial charge on any atom is -0.496 e. The molecule has 1 aromatic carbocycles. The van der Waals surface area contributed by atoms with Crippen LogP contribution in [-0.4, -0.2) is 58.3 Å². The van der Waals surface area contributed by atoms with Crippen LogP contribution in [0.5, 0.6) is 0 Å². The zero-order valence-electron chi connectivity index (χ0n) is 17.1. The summed E-state index contributed by atoms with van der Waals surface area (Å²) in [6.07, 6.45) is 4.09. The van der Waals surface area contributed by atoms with E-state index in [9.17, 15) is 13.2 Å². The van der Waals surface area contributed by atoms with Crippen LogP contribution in [0.4, 0.5) is 10.5 Å². The van der Waals surface area contributed by atoms with E-state index in [1.165, 1.54) is 18.5 Å². The summed E-state index contributed by atoms with van der Waals surface area (Å²) in [5.41, 5.74) is 1.80. The van der Waals surface area contributed by atoms with Crippen LogP contribution in [-0.2, 0) is 30.8 Å². The third-order valence-corrected chi connectivity index (χ3v) is 7.93. The summed E-state index contributed by atoms with van der Waals surface area (Å²) in [5, 5.41) is 0. The third-order valence-electron chi connectivity index (χ3n) is 5.86. The van der Waals surface area contributed by atoms with Crippen LogP contribution in [0, 0.1) is 0 Å². The number of para-hydroxylation sites is 1. The summed E-state index contributed by atoms with van der Waals surface area (Å²) in [4.78, 5) is 14.3. The molecule has 1 atom stereocenters. The Labute approximate surface area is 176 Å². The average Bonchev–Trinajstić information content (AvgIpc) is 2.78. The van der Waals surface area contributed by atoms with E-state index in [1.807, 2.05) is 30.3 Å². The van der Waals surface area contributed by atoms with Crippen LogP contribution in [0.3, 0.4) is 0 Å². The van der Waals surface area contributed by atoms with Crippen molar-refractivity contribution in [2.45, 2.75) is 38.0 Å². The first-order valence-electron chi connectivity index (χ1n) is 9.99. The minimum absolute atomic E-state index is 0.120. The Hall–Kier alpha value is -2.36. The SMILES string of the molecule is COC1=C(S(=O)(=O)N2CCC(N3C(=O)OCc4ccccc43)CC2)C(OC)CC=C1. The number of carbonyl (C=O) groups excluding carboxylic acids is 1. The van der Waals surface area contributed by atoms with Gasteiger partial charge in [-0.05, 0) is 31.4 Å². The summed E-state index contributed by atoms with van der Waals surface area (Å²) in [5.74, 6) is 0.309. The van der Waals surface area contributed by atoms with Crippen molar-refractivity contribution in [3.8, 4) is 0 Å². The number of ether oxygens (including phenoxy) is 3. The molecule has 30 heavy (non-hydrogen) atoms. The van der Waals surface area contributed by atoms with E-state index in [1.54, 1.807) is 11.0 Å². The van der Waals surface area contributed by atoms with Crippen molar-refractivity contribution in [1.29, 1.82) is 0 Å². The summed E-state index contributed by atoms with van der Waals surface area (Å²) in [6.45, 7) is 0.873. The van der Waals surface area contributed by atoms with Crippen LogP contribution in [0.25, 0.3) is 0 Å². The van der Waals surface area contributed by atoms with Gasteiger partial charge in [0.05, 0.1) is 12.8 Å². The lowest BCUT2D eigenvalue weighted by molar-refractivity contribution is 0.130. The maximum absolute atomic E-state index is 13.4. The normalized spacial score (nSPS) is 23.3. The maximum Gasteiger partial charge on any atom is 0.414 e. The number of piperidine rings is 1. The number of carbonyl (C=O) groups is 1. The maximum atomic E-state index is 13.4. The highest BCUT2D eigenvalue weighted by molar-refractivity contribution is 7.93. The number of fused-ring (bicyclic) bond motifs is 1. The molecule has 1 aliphatic carbocycles. The van der Waals surface area contributed by atoms with Crippen LogP contribution >= 0.6 is 0 Å². The lowest BCUT2D eigenvalue weighted by Gasteiger charge is -2.40. The third kappa shape index (κ3) is 3.61. The summed E-state index contributed by atoms with van der Waals surface area (Å²) in [7, 11) is -0.803. The molecule has 0 radical (unpaired) electrons.